The standard InChI is InChI=1S/C16H15BrN4/c17-16-7-6-15(10-19-16)18-8-14-9-20-21(12-14)11-13-4-2-1-3-5-13/h1-7,9-10,12,18H,8,11H2. The van der Waals surface area contributed by atoms with Crippen LogP contribution in [0.3, 0.4) is 0 Å². The van der Waals surface area contributed by atoms with E-state index in [4.69, 9.17) is 0 Å². The topological polar surface area (TPSA) is 42.7 Å². The zero-order chi connectivity index (χ0) is 14.5. The van der Waals surface area contributed by atoms with E-state index >= 15 is 0 Å². The molecule has 0 amide bonds. The van der Waals surface area contributed by atoms with Gasteiger partial charge in [-0.3, -0.25) is 4.68 Å². The first-order chi connectivity index (χ1) is 10.3. The van der Waals surface area contributed by atoms with Gasteiger partial charge in [0.15, 0.2) is 0 Å². The van der Waals surface area contributed by atoms with Crippen molar-refractivity contribution in [3.05, 3.63) is 76.8 Å². The molecule has 2 heterocycles. The van der Waals surface area contributed by atoms with E-state index in [1.54, 1.807) is 6.20 Å². The number of hydrogen-bond acceptors (Lipinski definition) is 3. The first-order valence-electron chi connectivity index (χ1n) is 6.70. The van der Waals surface area contributed by atoms with E-state index < -0.39 is 0 Å². The maximum absolute atomic E-state index is 4.39. The third-order valence-corrected chi connectivity index (χ3v) is 3.57. The molecule has 1 N–H and O–H groups in total. The Morgan fingerprint density at radius 3 is 2.62 bits per heavy atom. The van der Waals surface area contributed by atoms with Gasteiger partial charge in [-0.05, 0) is 33.6 Å². The molecular weight excluding hydrogens is 328 g/mol. The van der Waals surface area contributed by atoms with Crippen molar-refractivity contribution >= 4 is 21.6 Å². The van der Waals surface area contributed by atoms with Gasteiger partial charge in [-0.2, -0.15) is 5.10 Å². The molecule has 0 saturated carbocycles. The number of nitrogens with zero attached hydrogens (tertiary/aromatic N) is 3. The molecule has 0 aliphatic heterocycles. The molecule has 106 valence electrons. The van der Waals surface area contributed by atoms with E-state index in [0.717, 1.165) is 28.9 Å². The third kappa shape index (κ3) is 3.92. The molecule has 0 bridgehead atoms. The highest BCUT2D eigenvalue weighted by molar-refractivity contribution is 9.10. The molecule has 0 fully saturated rings. The molecule has 1 aromatic carbocycles. The lowest BCUT2D eigenvalue weighted by atomic mass is 10.2. The summed E-state index contributed by atoms with van der Waals surface area (Å²) in [6.07, 6.45) is 5.76. The molecule has 0 aliphatic carbocycles. The van der Waals surface area contributed by atoms with Crippen LogP contribution >= 0.6 is 15.9 Å². The van der Waals surface area contributed by atoms with Crippen molar-refractivity contribution in [2.75, 3.05) is 5.32 Å². The summed E-state index contributed by atoms with van der Waals surface area (Å²) in [5.74, 6) is 0. The molecule has 0 saturated heterocycles. The van der Waals surface area contributed by atoms with Gasteiger partial charge in [-0.1, -0.05) is 30.3 Å². The number of nitrogens with one attached hydrogen (secondary N) is 1. The minimum Gasteiger partial charge on any atom is -0.380 e. The molecule has 21 heavy (non-hydrogen) atoms. The minimum absolute atomic E-state index is 0.734. The predicted molar refractivity (Wildman–Crippen MR) is 87.0 cm³/mol. The molecule has 0 spiro atoms. The lowest BCUT2D eigenvalue weighted by Crippen LogP contribution is -2.00. The Hall–Kier alpha value is -2.14. The lowest BCUT2D eigenvalue weighted by molar-refractivity contribution is 0.686. The second-order valence-electron chi connectivity index (χ2n) is 4.75. The van der Waals surface area contributed by atoms with Crippen molar-refractivity contribution in [3.63, 3.8) is 0 Å². The Morgan fingerprint density at radius 1 is 1.00 bits per heavy atom. The Kier molecular flexibility index (Phi) is 4.31. The number of benzene rings is 1. The van der Waals surface area contributed by atoms with Crippen LogP contribution in [0.5, 0.6) is 0 Å². The van der Waals surface area contributed by atoms with Gasteiger partial charge in [-0.15, -0.1) is 0 Å². The van der Waals surface area contributed by atoms with Gasteiger partial charge in [0, 0.05) is 18.3 Å². The number of aromatic nitrogens is 3. The molecule has 2 aromatic heterocycles. The summed E-state index contributed by atoms with van der Waals surface area (Å²) in [5, 5.41) is 7.72. The number of halogens is 1. The Labute approximate surface area is 132 Å². The van der Waals surface area contributed by atoms with Crippen LogP contribution in [-0.2, 0) is 13.1 Å². The third-order valence-electron chi connectivity index (χ3n) is 3.10. The van der Waals surface area contributed by atoms with Crippen molar-refractivity contribution < 1.29 is 0 Å². The fourth-order valence-corrected chi connectivity index (χ4v) is 2.27. The molecule has 0 radical (unpaired) electrons. The van der Waals surface area contributed by atoms with Crippen LogP contribution in [0.1, 0.15) is 11.1 Å². The van der Waals surface area contributed by atoms with Crippen molar-refractivity contribution in [3.8, 4) is 0 Å². The van der Waals surface area contributed by atoms with Gasteiger partial charge in [-0.25, -0.2) is 4.98 Å². The van der Waals surface area contributed by atoms with Crippen molar-refractivity contribution in [1.29, 1.82) is 0 Å². The highest BCUT2D eigenvalue weighted by Crippen LogP contribution is 2.12. The van der Waals surface area contributed by atoms with Crippen LogP contribution in [-0.4, -0.2) is 14.8 Å². The second-order valence-corrected chi connectivity index (χ2v) is 5.57. The monoisotopic (exact) mass is 342 g/mol. The smallest absolute Gasteiger partial charge is 0.106 e. The van der Waals surface area contributed by atoms with Gasteiger partial charge in [0.25, 0.3) is 0 Å². The largest absolute Gasteiger partial charge is 0.380 e. The maximum atomic E-state index is 4.39. The number of pyridine rings is 1. The average Bonchev–Trinajstić information content (AvgIpc) is 2.95. The molecule has 4 nitrogen and oxygen atoms in total. The average molecular weight is 343 g/mol. The quantitative estimate of drug-likeness (QED) is 0.719. The first kappa shape index (κ1) is 13.8. The Bertz CT molecular complexity index is 692. The fraction of sp³-hybridized carbons (Fsp3) is 0.125. The van der Waals surface area contributed by atoms with Crippen LogP contribution in [0, 0.1) is 0 Å². The highest BCUT2D eigenvalue weighted by Gasteiger charge is 2.00. The number of hydrogen-bond donors (Lipinski definition) is 1. The van der Waals surface area contributed by atoms with Crippen molar-refractivity contribution in [2.45, 2.75) is 13.1 Å². The van der Waals surface area contributed by atoms with E-state index in [1.807, 2.05) is 41.2 Å². The molecular formula is C16H15BrN4. The zero-order valence-electron chi connectivity index (χ0n) is 11.4. The van der Waals surface area contributed by atoms with E-state index in [-0.39, 0.29) is 0 Å². The molecule has 0 atom stereocenters. The van der Waals surface area contributed by atoms with E-state index in [0.29, 0.717) is 0 Å². The summed E-state index contributed by atoms with van der Waals surface area (Å²) >= 11 is 3.32. The number of rotatable bonds is 5. The summed E-state index contributed by atoms with van der Waals surface area (Å²) < 4.78 is 2.79. The van der Waals surface area contributed by atoms with Crippen LogP contribution in [0.25, 0.3) is 0 Å². The first-order valence-corrected chi connectivity index (χ1v) is 7.49. The van der Waals surface area contributed by atoms with Gasteiger partial charge in [0.1, 0.15) is 4.60 Å². The summed E-state index contributed by atoms with van der Waals surface area (Å²) in [7, 11) is 0. The maximum Gasteiger partial charge on any atom is 0.106 e. The summed E-state index contributed by atoms with van der Waals surface area (Å²) in [5.41, 5.74) is 3.39. The van der Waals surface area contributed by atoms with Crippen molar-refractivity contribution in [2.24, 2.45) is 0 Å². The molecule has 3 rings (SSSR count). The van der Waals surface area contributed by atoms with Crippen LogP contribution in [0.15, 0.2) is 65.7 Å². The zero-order valence-corrected chi connectivity index (χ0v) is 13.0. The van der Waals surface area contributed by atoms with Crippen LogP contribution in [0.4, 0.5) is 5.69 Å². The highest BCUT2D eigenvalue weighted by atomic mass is 79.9. The molecule has 0 aliphatic rings. The Balaban J connectivity index is 1.59. The molecule has 5 heteroatoms. The van der Waals surface area contributed by atoms with Gasteiger partial charge >= 0.3 is 0 Å². The SMILES string of the molecule is Brc1ccc(NCc2cnn(Cc3ccccc3)c2)cn1. The van der Waals surface area contributed by atoms with Crippen molar-refractivity contribution in [1.82, 2.24) is 14.8 Å². The van der Waals surface area contributed by atoms with E-state index in [2.05, 4.69) is 49.7 Å². The Morgan fingerprint density at radius 2 is 1.86 bits per heavy atom. The van der Waals surface area contributed by atoms with E-state index in [9.17, 15) is 0 Å². The molecule has 0 unspecified atom stereocenters. The molecule has 3 aromatic rings. The number of anilines is 1. The van der Waals surface area contributed by atoms with Crippen LogP contribution < -0.4 is 5.32 Å². The second kappa shape index (κ2) is 6.54. The van der Waals surface area contributed by atoms with E-state index in [1.165, 1.54) is 5.56 Å². The summed E-state index contributed by atoms with van der Waals surface area (Å²) in [6, 6.07) is 14.2. The fourth-order valence-electron chi connectivity index (χ4n) is 2.04. The lowest BCUT2D eigenvalue weighted by Gasteiger charge is -2.04. The van der Waals surface area contributed by atoms with Crippen LogP contribution in [0.2, 0.25) is 0 Å². The van der Waals surface area contributed by atoms with Gasteiger partial charge in [0.05, 0.1) is 24.6 Å². The van der Waals surface area contributed by atoms with Gasteiger partial charge in [0.2, 0.25) is 0 Å². The summed E-state index contributed by atoms with van der Waals surface area (Å²) in [4.78, 5) is 4.19. The minimum atomic E-state index is 0.734. The van der Waals surface area contributed by atoms with Gasteiger partial charge < -0.3 is 5.32 Å². The summed E-state index contributed by atoms with van der Waals surface area (Å²) in [6.45, 7) is 1.53. The predicted octanol–water partition coefficient (Wildman–Crippen LogP) is 3.70. The normalized spacial score (nSPS) is 10.5.